The molecular weight excluding hydrogens is 510 g/mol. The van der Waals surface area contributed by atoms with Crippen LogP contribution in [0.3, 0.4) is 0 Å². The number of hydrogen-bond acceptors (Lipinski definition) is 6. The maximum absolute atomic E-state index is 13.6. The van der Waals surface area contributed by atoms with Gasteiger partial charge in [0.2, 0.25) is 0 Å². The van der Waals surface area contributed by atoms with E-state index in [1.807, 2.05) is 18.2 Å². The van der Waals surface area contributed by atoms with Crippen molar-refractivity contribution in [2.24, 2.45) is 0 Å². The number of aromatic nitrogens is 2. The first kappa shape index (κ1) is 24.9. The minimum atomic E-state index is -0.109. The number of fused-ring (bicyclic) bond motifs is 3. The third kappa shape index (κ3) is 4.68. The van der Waals surface area contributed by atoms with Crippen molar-refractivity contribution in [3.8, 4) is 22.6 Å². The highest BCUT2D eigenvalue weighted by Gasteiger charge is 2.28. The van der Waals surface area contributed by atoms with E-state index in [1.165, 1.54) is 11.3 Å². The van der Waals surface area contributed by atoms with Crippen LogP contribution >= 0.6 is 11.3 Å². The van der Waals surface area contributed by atoms with E-state index >= 15 is 0 Å². The molecule has 0 aliphatic carbocycles. The van der Waals surface area contributed by atoms with Crippen LogP contribution in [0.5, 0.6) is 11.5 Å². The van der Waals surface area contributed by atoms with Gasteiger partial charge in [-0.15, -0.1) is 11.3 Å². The topological polar surface area (TPSA) is 73.7 Å². The lowest BCUT2D eigenvalue weighted by Crippen LogP contribution is -2.35. The van der Waals surface area contributed by atoms with Gasteiger partial charge in [-0.25, -0.2) is 4.98 Å². The SMILES string of the molecule is COc1ccc(C(=O)N2CCc3c(sc4ncn(Cc5ccc(-c6ccccc6)cc5)c(=O)c34)C2)c(OC)c1. The van der Waals surface area contributed by atoms with Crippen LogP contribution in [-0.2, 0) is 19.5 Å². The average molecular weight is 538 g/mol. The molecule has 0 N–H and O–H groups in total. The van der Waals surface area contributed by atoms with E-state index in [4.69, 9.17) is 9.47 Å². The minimum absolute atomic E-state index is 0.0405. The molecule has 1 amide bonds. The van der Waals surface area contributed by atoms with E-state index in [9.17, 15) is 9.59 Å². The Morgan fingerprint density at radius 2 is 1.74 bits per heavy atom. The second kappa shape index (κ2) is 10.4. The molecule has 3 heterocycles. The van der Waals surface area contributed by atoms with E-state index in [2.05, 4.69) is 41.4 Å². The molecule has 0 spiro atoms. The van der Waals surface area contributed by atoms with E-state index in [1.54, 1.807) is 48.2 Å². The summed E-state index contributed by atoms with van der Waals surface area (Å²) in [6.07, 6.45) is 2.23. The molecule has 0 unspecified atom stereocenters. The summed E-state index contributed by atoms with van der Waals surface area (Å²) in [5, 5.41) is 0.674. The largest absolute Gasteiger partial charge is 0.497 e. The molecule has 0 saturated heterocycles. The van der Waals surface area contributed by atoms with Crippen LogP contribution in [0.15, 0.2) is 83.9 Å². The summed E-state index contributed by atoms with van der Waals surface area (Å²) in [4.78, 5) is 35.1. The van der Waals surface area contributed by atoms with Crippen molar-refractivity contribution in [3.05, 3.63) is 111 Å². The number of nitrogens with zero attached hydrogens (tertiary/aromatic N) is 3. The minimum Gasteiger partial charge on any atom is -0.497 e. The van der Waals surface area contributed by atoms with Crippen molar-refractivity contribution >= 4 is 27.5 Å². The van der Waals surface area contributed by atoms with Gasteiger partial charge in [0.05, 0.1) is 44.6 Å². The van der Waals surface area contributed by atoms with Crippen molar-refractivity contribution in [2.75, 3.05) is 20.8 Å². The molecule has 196 valence electrons. The molecule has 39 heavy (non-hydrogen) atoms. The lowest BCUT2D eigenvalue weighted by Gasteiger charge is -2.27. The zero-order valence-corrected chi connectivity index (χ0v) is 22.5. The fraction of sp³-hybridized carbons (Fsp3) is 0.194. The van der Waals surface area contributed by atoms with Gasteiger partial charge in [-0.05, 0) is 40.8 Å². The van der Waals surface area contributed by atoms with Gasteiger partial charge in [-0.3, -0.25) is 14.2 Å². The van der Waals surface area contributed by atoms with Gasteiger partial charge in [-0.1, -0.05) is 54.6 Å². The van der Waals surface area contributed by atoms with Crippen LogP contribution in [-0.4, -0.2) is 41.1 Å². The number of amides is 1. The summed E-state index contributed by atoms with van der Waals surface area (Å²) >= 11 is 1.49. The highest BCUT2D eigenvalue weighted by molar-refractivity contribution is 7.18. The first-order chi connectivity index (χ1) is 19.1. The average Bonchev–Trinajstić information content (AvgIpc) is 3.37. The highest BCUT2D eigenvalue weighted by atomic mass is 32.1. The smallest absolute Gasteiger partial charge is 0.262 e. The van der Waals surface area contributed by atoms with Crippen LogP contribution in [0, 0.1) is 0 Å². The predicted octanol–water partition coefficient (Wildman–Crippen LogP) is 5.39. The van der Waals surface area contributed by atoms with E-state index < -0.39 is 0 Å². The Balaban J connectivity index is 1.24. The molecule has 5 aromatic rings. The fourth-order valence-corrected chi connectivity index (χ4v) is 6.27. The van der Waals surface area contributed by atoms with Crippen molar-refractivity contribution in [1.82, 2.24) is 14.5 Å². The third-order valence-corrected chi connectivity index (χ3v) is 8.29. The van der Waals surface area contributed by atoms with Gasteiger partial charge >= 0.3 is 0 Å². The Bertz CT molecular complexity index is 1730. The van der Waals surface area contributed by atoms with Gasteiger partial charge in [0.1, 0.15) is 16.3 Å². The van der Waals surface area contributed by atoms with Gasteiger partial charge in [0.15, 0.2) is 0 Å². The standard InChI is InChI=1S/C31H27N3O4S/c1-37-23-12-13-24(26(16-23)38-2)30(35)33-15-14-25-27(18-33)39-29-28(25)31(36)34(19-32-29)17-20-8-10-22(11-9-20)21-6-4-3-5-7-21/h3-13,16,19H,14-15,17-18H2,1-2H3. The lowest BCUT2D eigenvalue weighted by molar-refractivity contribution is 0.0734. The maximum Gasteiger partial charge on any atom is 0.262 e. The molecule has 1 aliphatic rings. The van der Waals surface area contributed by atoms with Crippen molar-refractivity contribution in [1.29, 1.82) is 0 Å². The molecule has 3 aromatic carbocycles. The quantitative estimate of drug-likeness (QED) is 0.290. The zero-order chi connectivity index (χ0) is 26.9. The number of carbonyl (C=O) groups excluding carboxylic acids is 1. The van der Waals surface area contributed by atoms with E-state index in [0.717, 1.165) is 32.0 Å². The first-order valence-electron chi connectivity index (χ1n) is 12.7. The lowest BCUT2D eigenvalue weighted by atomic mass is 10.0. The number of methoxy groups -OCH3 is 2. The molecule has 8 heteroatoms. The van der Waals surface area contributed by atoms with Gasteiger partial charge in [-0.2, -0.15) is 0 Å². The Morgan fingerprint density at radius 1 is 0.974 bits per heavy atom. The third-order valence-electron chi connectivity index (χ3n) is 7.17. The molecule has 1 aliphatic heterocycles. The summed E-state index contributed by atoms with van der Waals surface area (Å²) < 4.78 is 12.4. The van der Waals surface area contributed by atoms with E-state index in [-0.39, 0.29) is 11.5 Å². The number of thiophene rings is 1. The summed E-state index contributed by atoms with van der Waals surface area (Å²) in [6.45, 7) is 1.40. The molecule has 0 atom stereocenters. The first-order valence-corrected chi connectivity index (χ1v) is 13.5. The second-order valence-electron chi connectivity index (χ2n) is 9.47. The summed E-state index contributed by atoms with van der Waals surface area (Å²) in [6, 6.07) is 23.7. The van der Waals surface area contributed by atoms with Crippen molar-refractivity contribution in [2.45, 2.75) is 19.5 Å². The molecular formula is C31H27N3O4S. The number of benzene rings is 3. The highest BCUT2D eigenvalue weighted by Crippen LogP contribution is 2.34. The molecule has 7 nitrogen and oxygen atoms in total. The Kier molecular flexibility index (Phi) is 6.62. The number of hydrogen-bond donors (Lipinski definition) is 0. The second-order valence-corrected chi connectivity index (χ2v) is 10.6. The Morgan fingerprint density at radius 3 is 2.49 bits per heavy atom. The van der Waals surface area contributed by atoms with Gasteiger partial charge in [0.25, 0.3) is 11.5 Å². The van der Waals surface area contributed by atoms with Crippen LogP contribution in [0.2, 0.25) is 0 Å². The number of rotatable bonds is 6. The number of carbonyl (C=O) groups is 1. The number of ether oxygens (including phenoxy) is 2. The molecule has 6 rings (SSSR count). The van der Waals surface area contributed by atoms with Crippen molar-refractivity contribution < 1.29 is 14.3 Å². The summed E-state index contributed by atoms with van der Waals surface area (Å²) in [5.41, 5.74) is 4.79. The van der Waals surface area contributed by atoms with Crippen LogP contribution in [0.25, 0.3) is 21.3 Å². The maximum atomic E-state index is 13.6. The van der Waals surface area contributed by atoms with E-state index in [0.29, 0.717) is 48.5 Å². The zero-order valence-electron chi connectivity index (χ0n) is 21.7. The molecule has 0 fully saturated rings. The fourth-order valence-electron chi connectivity index (χ4n) is 5.08. The van der Waals surface area contributed by atoms with Crippen LogP contribution in [0.4, 0.5) is 0 Å². The predicted molar refractivity (Wildman–Crippen MR) is 153 cm³/mol. The summed E-state index contributed by atoms with van der Waals surface area (Å²) in [5.74, 6) is 0.994. The van der Waals surface area contributed by atoms with Crippen molar-refractivity contribution in [3.63, 3.8) is 0 Å². The van der Waals surface area contributed by atoms with Crippen LogP contribution < -0.4 is 15.0 Å². The summed E-state index contributed by atoms with van der Waals surface area (Å²) in [7, 11) is 3.12. The normalized spacial score (nSPS) is 12.8. The van der Waals surface area contributed by atoms with Crippen LogP contribution in [0.1, 0.15) is 26.4 Å². The molecule has 2 aromatic heterocycles. The monoisotopic (exact) mass is 537 g/mol. The van der Waals surface area contributed by atoms with Gasteiger partial charge < -0.3 is 14.4 Å². The Labute approximate surface area is 229 Å². The van der Waals surface area contributed by atoms with Gasteiger partial charge in [0, 0.05) is 17.5 Å². The molecule has 0 bridgehead atoms. The molecule has 0 radical (unpaired) electrons. The Hall–Kier alpha value is -4.43. The molecule has 0 saturated carbocycles.